The first-order chi connectivity index (χ1) is 16.2. The van der Waals surface area contributed by atoms with Crippen molar-refractivity contribution in [2.24, 2.45) is 10.4 Å². The second kappa shape index (κ2) is 13.6. The number of aromatic nitrogens is 2. The van der Waals surface area contributed by atoms with Crippen molar-refractivity contribution in [3.8, 4) is 0 Å². The van der Waals surface area contributed by atoms with Crippen molar-refractivity contribution < 1.29 is 108 Å². The average molecular weight is 562 g/mol. The van der Waals surface area contributed by atoms with Gasteiger partial charge in [-0.1, -0.05) is 12.2 Å². The molecule has 0 amide bonds. The van der Waals surface area contributed by atoms with Crippen LogP contribution in [0.5, 0.6) is 0 Å². The van der Waals surface area contributed by atoms with E-state index < -0.39 is 86.4 Å². The van der Waals surface area contributed by atoms with E-state index in [1.54, 1.807) is 0 Å². The summed E-state index contributed by atoms with van der Waals surface area (Å²) in [6.45, 7) is 0.398. The number of ether oxygens (including phenoxy) is 1. The van der Waals surface area contributed by atoms with Crippen molar-refractivity contribution in [3.05, 3.63) is 34.9 Å². The number of anilines is 1. The van der Waals surface area contributed by atoms with E-state index in [0.717, 1.165) is 23.6 Å². The maximum Gasteiger partial charge on any atom is 1.00 e. The van der Waals surface area contributed by atoms with Crippen LogP contribution in [0.1, 0.15) is 19.6 Å². The Balaban J connectivity index is 0.00000342. The van der Waals surface area contributed by atoms with Crippen LogP contribution in [-0.4, -0.2) is 84.9 Å². The largest absolute Gasteiger partial charge is 1.00 e. The molecule has 1 aliphatic carbocycles. The molecule has 0 aromatic carbocycles. The summed E-state index contributed by atoms with van der Waals surface area (Å²) in [7, 11) is -4.71. The fraction of sp³-hybridized carbons (Fsp3) is 0.579. The zero-order chi connectivity index (χ0) is 26.1. The molecule has 1 unspecified atom stereocenters. The Morgan fingerprint density at radius 1 is 1.35 bits per heavy atom. The molecule has 1 aromatic heterocycles. The zero-order valence-electron chi connectivity index (χ0n) is 20.4. The Morgan fingerprint density at radius 3 is 2.54 bits per heavy atom. The second-order valence-electron chi connectivity index (χ2n) is 8.39. The predicted molar refractivity (Wildman–Crippen MR) is 114 cm³/mol. The summed E-state index contributed by atoms with van der Waals surface area (Å²) < 4.78 is 24.0. The van der Waals surface area contributed by atoms with Gasteiger partial charge in [-0.15, -0.1) is 0 Å². The number of nitrogens with zero attached hydrogens (tertiary/aromatic N) is 3. The van der Waals surface area contributed by atoms with Gasteiger partial charge in [-0.2, -0.15) is 4.98 Å². The molecule has 15 nitrogen and oxygen atoms in total. The fourth-order valence-electron chi connectivity index (χ4n) is 3.95. The first kappa shape index (κ1) is 34.4. The summed E-state index contributed by atoms with van der Waals surface area (Å²) in [6, 6.07) is 0.237. The SMILES string of the molecule is CC([O-])=N[C@H]1C=C[C@@](CP(=O)(O)OC[C@H]2O[C@@H](n3ccc(N)nc3=O)[C@H](O)[C@@H]2O)(C(=O)[O-])C[C@H]1O.[Na+].[Na+]. The molecule has 8 atom stereocenters. The number of nitrogens with two attached hydrogens (primary N) is 1. The molecule has 3 rings (SSSR count). The summed E-state index contributed by atoms with van der Waals surface area (Å²) in [5.74, 6) is -2.43. The topological polar surface area (TPSA) is 253 Å². The standard InChI is InChI=1S/C19H27N4O11P.2Na/c1-9(24)21-10-2-4-19(17(28)29,6-11(10)25)8-35(31,32)33-7-12-14(26)15(27)16(34-12)23-5-3-13(20)22-18(23)30;;/h2-5,10-12,14-16,25-27H,6-8H2,1H3,(H,21,24)(H,28,29)(H,31,32)(H2,20,22,30);;/q;2*+1/p-2/t10-,11+,12+,14+,15+,16+,19+;;/m0../s1. The molecule has 2 heterocycles. The number of hydrogen-bond donors (Lipinski definition) is 5. The third-order valence-corrected chi connectivity index (χ3v) is 7.22. The van der Waals surface area contributed by atoms with E-state index in [2.05, 4.69) is 9.98 Å². The van der Waals surface area contributed by atoms with E-state index in [9.17, 15) is 44.6 Å². The normalized spacial score (nSPS) is 33.2. The third kappa shape index (κ3) is 8.18. The Kier molecular flexibility index (Phi) is 12.6. The summed E-state index contributed by atoms with van der Waals surface area (Å²) in [6.07, 6.45) is -5.70. The van der Waals surface area contributed by atoms with E-state index in [1.807, 2.05) is 0 Å². The first-order valence-corrected chi connectivity index (χ1v) is 12.1. The Labute approximate surface area is 255 Å². The molecule has 6 N–H and O–H groups in total. The minimum Gasteiger partial charge on any atom is -0.862 e. The quantitative estimate of drug-likeness (QED) is 0.0649. The van der Waals surface area contributed by atoms with Crippen LogP contribution in [0.3, 0.4) is 0 Å². The fourth-order valence-corrected chi connectivity index (χ4v) is 5.50. The maximum absolute atomic E-state index is 12.7. The van der Waals surface area contributed by atoms with Gasteiger partial charge >= 0.3 is 72.4 Å². The number of nitrogen functional groups attached to an aromatic ring is 1. The van der Waals surface area contributed by atoms with Crippen molar-refractivity contribution in [2.45, 2.75) is 50.0 Å². The number of hydrogen-bond acceptors (Lipinski definition) is 13. The van der Waals surface area contributed by atoms with Crippen LogP contribution in [0.25, 0.3) is 0 Å². The smallest absolute Gasteiger partial charge is 0.862 e. The van der Waals surface area contributed by atoms with Crippen molar-refractivity contribution in [1.82, 2.24) is 9.55 Å². The zero-order valence-corrected chi connectivity index (χ0v) is 25.3. The number of carboxylic acids is 1. The van der Waals surface area contributed by atoms with Gasteiger partial charge in [0.05, 0.1) is 30.9 Å². The second-order valence-corrected chi connectivity index (χ2v) is 10.2. The molecular weight excluding hydrogens is 537 g/mol. The number of aliphatic imine (C=N–C) groups is 1. The molecule has 1 fully saturated rings. The molecule has 1 aromatic rings. The van der Waals surface area contributed by atoms with Gasteiger partial charge in [0.15, 0.2) is 6.23 Å². The van der Waals surface area contributed by atoms with Gasteiger partial charge < -0.3 is 50.2 Å². The van der Waals surface area contributed by atoms with Gasteiger partial charge in [0.25, 0.3) is 0 Å². The van der Waals surface area contributed by atoms with E-state index in [-0.39, 0.29) is 64.9 Å². The molecule has 18 heteroatoms. The van der Waals surface area contributed by atoms with Crippen LogP contribution in [0.2, 0.25) is 0 Å². The predicted octanol–water partition coefficient (Wildman–Crippen LogP) is -10.1. The number of aliphatic hydroxyl groups excluding tert-OH is 3. The molecule has 0 radical (unpaired) electrons. The molecule has 37 heavy (non-hydrogen) atoms. The maximum atomic E-state index is 12.7. The van der Waals surface area contributed by atoms with Crippen molar-refractivity contribution in [2.75, 3.05) is 18.5 Å². The number of aliphatic carboxylic acids is 1. The molecule has 194 valence electrons. The molecular formula is C19H25N4Na2O11P. The molecule has 1 aliphatic heterocycles. The number of carboxylic acid groups (broad SMARTS) is 1. The van der Waals surface area contributed by atoms with E-state index in [0.29, 0.717) is 0 Å². The van der Waals surface area contributed by atoms with E-state index >= 15 is 0 Å². The van der Waals surface area contributed by atoms with E-state index in [1.165, 1.54) is 12.3 Å². The van der Waals surface area contributed by atoms with Crippen LogP contribution >= 0.6 is 7.60 Å². The monoisotopic (exact) mass is 562 g/mol. The molecule has 0 bridgehead atoms. The van der Waals surface area contributed by atoms with Gasteiger partial charge in [0.2, 0.25) is 0 Å². The van der Waals surface area contributed by atoms with Crippen molar-refractivity contribution >= 4 is 25.3 Å². The van der Waals surface area contributed by atoms with Gasteiger partial charge in [0.1, 0.15) is 24.1 Å². The number of carbonyl (C=O) groups is 1. The van der Waals surface area contributed by atoms with Gasteiger partial charge in [-0.25, -0.2) is 4.79 Å². The van der Waals surface area contributed by atoms with Gasteiger partial charge in [-0.3, -0.25) is 14.1 Å². The van der Waals surface area contributed by atoms with Crippen molar-refractivity contribution in [1.29, 1.82) is 0 Å². The van der Waals surface area contributed by atoms with E-state index in [4.69, 9.17) is 15.0 Å². The molecule has 0 saturated carbocycles. The Morgan fingerprint density at radius 2 is 2.00 bits per heavy atom. The molecule has 1 saturated heterocycles. The third-order valence-electron chi connectivity index (χ3n) is 5.70. The summed E-state index contributed by atoms with van der Waals surface area (Å²) in [4.78, 5) is 41.3. The number of carbonyl (C=O) groups excluding carboxylic acids is 1. The summed E-state index contributed by atoms with van der Waals surface area (Å²) >= 11 is 0. The minimum atomic E-state index is -4.71. The van der Waals surface area contributed by atoms with Crippen LogP contribution in [0, 0.1) is 5.41 Å². The number of aliphatic hydroxyl groups is 3. The average Bonchev–Trinajstić information content (AvgIpc) is 3.02. The van der Waals surface area contributed by atoms with Crippen LogP contribution in [0.4, 0.5) is 5.82 Å². The van der Waals surface area contributed by atoms with Crippen LogP contribution in [-0.2, 0) is 18.6 Å². The van der Waals surface area contributed by atoms with Crippen LogP contribution in [0.15, 0.2) is 34.2 Å². The first-order valence-electron chi connectivity index (χ1n) is 10.4. The summed E-state index contributed by atoms with van der Waals surface area (Å²) in [5, 5.41) is 53.7. The molecule has 2 aliphatic rings. The number of rotatable bonds is 8. The minimum absolute atomic E-state index is 0. The van der Waals surface area contributed by atoms with Gasteiger partial charge in [0, 0.05) is 11.6 Å². The Bertz CT molecular complexity index is 1130. The van der Waals surface area contributed by atoms with Crippen LogP contribution < -0.4 is 80.8 Å². The summed E-state index contributed by atoms with van der Waals surface area (Å²) in [5.41, 5.74) is 2.44. The van der Waals surface area contributed by atoms with Crippen molar-refractivity contribution in [3.63, 3.8) is 0 Å². The molecule has 0 spiro atoms. The Hall–Kier alpha value is -0.650. The van der Waals surface area contributed by atoms with Gasteiger partial charge in [-0.05, 0) is 25.3 Å².